The van der Waals surface area contributed by atoms with Crippen LogP contribution >= 0.6 is 11.8 Å². The largest absolute Gasteiger partial charge is 0.480 e. The summed E-state index contributed by atoms with van der Waals surface area (Å²) in [6.45, 7) is 4.67. The third-order valence-electron chi connectivity index (χ3n) is 2.30. The number of thioether (sulfide) groups is 1. The predicted molar refractivity (Wildman–Crippen MR) is 68.4 cm³/mol. The van der Waals surface area contributed by atoms with Crippen LogP contribution < -0.4 is 5.32 Å². The molecule has 0 aliphatic rings. The van der Waals surface area contributed by atoms with Crippen LogP contribution in [0.4, 0.5) is 0 Å². The van der Waals surface area contributed by atoms with Crippen LogP contribution in [-0.4, -0.2) is 39.2 Å². The van der Waals surface area contributed by atoms with Crippen molar-refractivity contribution < 1.29 is 9.90 Å². The number of carboxylic acid groups (broad SMARTS) is 1. The molecule has 1 heterocycles. The monoisotopic (exact) mass is 257 g/mol. The topological polar surface area (TPSA) is 67.2 Å². The van der Waals surface area contributed by atoms with Gasteiger partial charge in [-0.3, -0.25) is 9.48 Å². The number of carboxylic acids is 1. The van der Waals surface area contributed by atoms with Crippen LogP contribution in [0.15, 0.2) is 11.1 Å². The summed E-state index contributed by atoms with van der Waals surface area (Å²) in [4.78, 5) is 11.0. The molecule has 1 atom stereocenters. The summed E-state index contributed by atoms with van der Waals surface area (Å²) in [5, 5.41) is 17.3. The Labute approximate surface area is 106 Å². The highest BCUT2D eigenvalue weighted by atomic mass is 32.2. The fraction of sp³-hybridized carbons (Fsp3) is 0.636. The zero-order valence-electron chi connectivity index (χ0n) is 10.4. The molecule has 5 nitrogen and oxygen atoms in total. The van der Waals surface area contributed by atoms with Crippen LogP contribution in [0.2, 0.25) is 0 Å². The summed E-state index contributed by atoms with van der Waals surface area (Å²) < 4.78 is 1.78. The first-order chi connectivity index (χ1) is 8.04. The lowest BCUT2D eigenvalue weighted by atomic mass is 10.3. The number of aliphatic carboxylic acids is 1. The molecule has 1 unspecified atom stereocenters. The second-order valence-electron chi connectivity index (χ2n) is 3.90. The number of nitrogens with zero attached hydrogens (tertiary/aromatic N) is 2. The van der Waals surface area contributed by atoms with E-state index < -0.39 is 12.0 Å². The van der Waals surface area contributed by atoms with E-state index in [0.717, 1.165) is 23.7 Å². The number of hydrogen-bond donors (Lipinski definition) is 2. The lowest BCUT2D eigenvalue weighted by Crippen LogP contribution is -2.39. The average Bonchev–Trinajstić information content (AvgIpc) is 2.57. The molecular formula is C11H19N3O2S. The summed E-state index contributed by atoms with van der Waals surface area (Å²) in [5.41, 5.74) is 0.948. The summed E-state index contributed by atoms with van der Waals surface area (Å²) in [6.07, 6.45) is 0.930. The second-order valence-corrected chi connectivity index (χ2v) is 4.94. The highest BCUT2D eigenvalue weighted by Gasteiger charge is 2.17. The number of rotatable bonds is 7. The van der Waals surface area contributed by atoms with Crippen LogP contribution in [0.3, 0.4) is 0 Å². The fourth-order valence-electron chi connectivity index (χ4n) is 1.43. The van der Waals surface area contributed by atoms with Gasteiger partial charge in [-0.05, 0) is 26.0 Å². The number of nitrogens with one attached hydrogen (secondary N) is 1. The van der Waals surface area contributed by atoms with Crippen molar-refractivity contribution in [1.82, 2.24) is 15.1 Å². The van der Waals surface area contributed by atoms with Gasteiger partial charge in [-0.1, -0.05) is 6.92 Å². The molecule has 0 aliphatic carbocycles. The molecule has 17 heavy (non-hydrogen) atoms. The highest BCUT2D eigenvalue weighted by molar-refractivity contribution is 7.99. The molecule has 0 saturated carbocycles. The van der Waals surface area contributed by atoms with Crippen LogP contribution in [0, 0.1) is 6.92 Å². The molecule has 0 spiro atoms. The summed E-state index contributed by atoms with van der Waals surface area (Å²) in [7, 11) is 1.87. The highest BCUT2D eigenvalue weighted by Crippen LogP contribution is 2.19. The van der Waals surface area contributed by atoms with Gasteiger partial charge in [0.05, 0.1) is 10.7 Å². The van der Waals surface area contributed by atoms with Gasteiger partial charge in [0.15, 0.2) is 0 Å². The van der Waals surface area contributed by atoms with Gasteiger partial charge in [0.1, 0.15) is 6.04 Å². The smallest absolute Gasteiger partial charge is 0.321 e. The fourth-order valence-corrected chi connectivity index (χ4v) is 2.51. The van der Waals surface area contributed by atoms with Crippen molar-refractivity contribution >= 4 is 17.7 Å². The van der Waals surface area contributed by atoms with Gasteiger partial charge in [-0.15, -0.1) is 11.8 Å². The van der Waals surface area contributed by atoms with Crippen LogP contribution in [-0.2, 0) is 11.8 Å². The van der Waals surface area contributed by atoms with Gasteiger partial charge < -0.3 is 10.4 Å². The molecule has 6 heteroatoms. The maximum Gasteiger partial charge on any atom is 0.321 e. The van der Waals surface area contributed by atoms with Crippen molar-refractivity contribution in [2.24, 2.45) is 7.05 Å². The van der Waals surface area contributed by atoms with Crippen molar-refractivity contribution in [1.29, 1.82) is 0 Å². The van der Waals surface area contributed by atoms with Crippen LogP contribution in [0.25, 0.3) is 0 Å². The zero-order chi connectivity index (χ0) is 12.8. The van der Waals surface area contributed by atoms with Gasteiger partial charge >= 0.3 is 5.97 Å². The van der Waals surface area contributed by atoms with E-state index in [1.54, 1.807) is 4.68 Å². The van der Waals surface area contributed by atoms with Crippen LogP contribution in [0.5, 0.6) is 0 Å². The molecule has 0 saturated heterocycles. The number of aromatic nitrogens is 2. The zero-order valence-corrected chi connectivity index (χ0v) is 11.3. The lowest BCUT2D eigenvalue weighted by Gasteiger charge is -2.13. The van der Waals surface area contributed by atoms with Gasteiger partial charge in [0.2, 0.25) is 0 Å². The molecule has 1 aromatic heterocycles. The van der Waals surface area contributed by atoms with Crippen molar-refractivity contribution in [3.8, 4) is 0 Å². The third-order valence-corrected chi connectivity index (χ3v) is 3.47. The Morgan fingerprint density at radius 3 is 2.88 bits per heavy atom. The maximum atomic E-state index is 11.0. The van der Waals surface area contributed by atoms with Gasteiger partial charge in [0.25, 0.3) is 0 Å². The molecule has 0 radical (unpaired) electrons. The molecule has 0 aromatic carbocycles. The number of aryl methyl sites for hydroxylation is 2. The molecule has 0 fully saturated rings. The number of hydrogen-bond acceptors (Lipinski definition) is 4. The lowest BCUT2D eigenvalue weighted by molar-refractivity contribution is -0.138. The Kier molecular flexibility index (Phi) is 5.50. The predicted octanol–water partition coefficient (Wildman–Crippen LogP) is 1.27. The summed E-state index contributed by atoms with van der Waals surface area (Å²) >= 11 is 1.51. The van der Waals surface area contributed by atoms with Crippen LogP contribution in [0.1, 0.15) is 19.0 Å². The van der Waals surface area contributed by atoms with Crippen molar-refractivity contribution in [3.63, 3.8) is 0 Å². The van der Waals surface area contributed by atoms with E-state index >= 15 is 0 Å². The number of carbonyl (C=O) groups is 1. The quantitative estimate of drug-likeness (QED) is 0.720. The molecule has 0 amide bonds. The minimum Gasteiger partial charge on any atom is -0.480 e. The normalized spacial score (nSPS) is 12.6. The SMILES string of the molecule is CCCNC(CSc1cc(C)nn1C)C(=O)O. The van der Waals surface area contributed by atoms with E-state index in [9.17, 15) is 4.79 Å². The maximum absolute atomic E-state index is 11.0. The Bertz CT molecular complexity index is 379. The molecule has 2 N–H and O–H groups in total. The minimum atomic E-state index is -0.801. The van der Waals surface area contributed by atoms with E-state index in [-0.39, 0.29) is 0 Å². The van der Waals surface area contributed by atoms with Gasteiger partial charge in [0, 0.05) is 12.8 Å². The first kappa shape index (κ1) is 14.1. The average molecular weight is 257 g/mol. The first-order valence-electron chi connectivity index (χ1n) is 5.64. The minimum absolute atomic E-state index is 0.504. The summed E-state index contributed by atoms with van der Waals surface area (Å²) in [6, 6.07) is 1.46. The Balaban J connectivity index is 2.51. The first-order valence-corrected chi connectivity index (χ1v) is 6.62. The Hall–Kier alpha value is -1.01. The molecule has 0 bridgehead atoms. The van der Waals surface area contributed by atoms with E-state index in [2.05, 4.69) is 10.4 Å². The molecular weight excluding hydrogens is 238 g/mol. The van der Waals surface area contributed by atoms with E-state index in [4.69, 9.17) is 5.11 Å². The Morgan fingerprint density at radius 1 is 1.71 bits per heavy atom. The molecule has 1 rings (SSSR count). The molecule has 0 aliphatic heterocycles. The van der Waals surface area contributed by atoms with Crippen molar-refractivity contribution in [2.75, 3.05) is 12.3 Å². The van der Waals surface area contributed by atoms with Crippen molar-refractivity contribution in [3.05, 3.63) is 11.8 Å². The van der Waals surface area contributed by atoms with E-state index in [1.807, 2.05) is 27.0 Å². The van der Waals surface area contributed by atoms with E-state index in [1.165, 1.54) is 11.8 Å². The molecule has 1 aromatic rings. The standard InChI is InChI=1S/C11H19N3O2S/c1-4-5-12-9(11(15)16)7-17-10-6-8(2)13-14(10)3/h6,9,12H,4-5,7H2,1-3H3,(H,15,16). The van der Waals surface area contributed by atoms with Gasteiger partial charge in [-0.2, -0.15) is 5.10 Å². The summed E-state index contributed by atoms with van der Waals surface area (Å²) in [5.74, 6) is -0.293. The third kappa shape index (κ3) is 4.40. The molecule has 96 valence electrons. The Morgan fingerprint density at radius 2 is 2.41 bits per heavy atom. The van der Waals surface area contributed by atoms with Gasteiger partial charge in [-0.25, -0.2) is 0 Å². The van der Waals surface area contributed by atoms with Crippen molar-refractivity contribution in [2.45, 2.75) is 31.3 Å². The van der Waals surface area contributed by atoms with E-state index in [0.29, 0.717) is 5.75 Å². The second kappa shape index (κ2) is 6.66.